The first kappa shape index (κ1) is 13.6. The van der Waals surface area contributed by atoms with E-state index in [4.69, 9.17) is 0 Å². The third-order valence-electron chi connectivity index (χ3n) is 2.64. The van der Waals surface area contributed by atoms with Crippen LogP contribution in [0.25, 0.3) is 0 Å². The van der Waals surface area contributed by atoms with Crippen LogP contribution in [0, 0.1) is 0 Å². The molecule has 0 aliphatic carbocycles. The van der Waals surface area contributed by atoms with Crippen molar-refractivity contribution in [1.82, 2.24) is 9.88 Å². The van der Waals surface area contributed by atoms with Crippen molar-refractivity contribution in [3.8, 4) is 0 Å². The van der Waals surface area contributed by atoms with Gasteiger partial charge in [-0.05, 0) is 17.7 Å². The number of aromatic nitrogens is 1. The van der Waals surface area contributed by atoms with Gasteiger partial charge in [0.05, 0.1) is 5.03 Å². The van der Waals surface area contributed by atoms with Crippen LogP contribution in [0.15, 0.2) is 59.8 Å². The molecule has 1 heterocycles. The molecule has 1 aromatic heterocycles. The van der Waals surface area contributed by atoms with E-state index in [0.29, 0.717) is 0 Å². The molecule has 0 unspecified atom stereocenters. The molecule has 1 atom stereocenters. The van der Waals surface area contributed by atoms with Crippen molar-refractivity contribution in [2.45, 2.75) is 10.3 Å². The molecule has 2 aromatic rings. The van der Waals surface area contributed by atoms with Crippen LogP contribution < -0.4 is 0 Å². The number of nitrogens with zero attached hydrogens (tertiary/aromatic N) is 2. The molecule has 0 fully saturated rings. The molecule has 0 bridgehead atoms. The van der Waals surface area contributed by atoms with Crippen LogP contribution >= 0.6 is 11.8 Å². The van der Waals surface area contributed by atoms with Gasteiger partial charge in [0.2, 0.25) is 5.91 Å². The highest BCUT2D eigenvalue weighted by Crippen LogP contribution is 2.35. The number of carbonyl (C=O) groups is 1. The lowest BCUT2D eigenvalue weighted by atomic mass is 10.1. The average Bonchev–Trinajstić information content (AvgIpc) is 2.46. The van der Waals surface area contributed by atoms with Crippen LogP contribution in [0.4, 0.5) is 0 Å². The topological polar surface area (TPSA) is 33.2 Å². The quantitative estimate of drug-likeness (QED) is 0.802. The summed E-state index contributed by atoms with van der Waals surface area (Å²) in [5.41, 5.74) is 0.997. The number of pyridine rings is 1. The van der Waals surface area contributed by atoms with E-state index in [1.807, 2.05) is 48.5 Å². The van der Waals surface area contributed by atoms with Gasteiger partial charge in [-0.3, -0.25) is 4.79 Å². The number of rotatable bonds is 4. The molecular weight excluding hydrogens is 256 g/mol. The Morgan fingerprint density at radius 1 is 1.11 bits per heavy atom. The Balaban J connectivity index is 2.28. The minimum absolute atomic E-state index is 0.0712. The lowest BCUT2D eigenvalue weighted by molar-refractivity contribution is -0.128. The van der Waals surface area contributed by atoms with Crippen LogP contribution in [-0.4, -0.2) is 29.9 Å². The molecule has 1 aromatic carbocycles. The highest BCUT2D eigenvalue weighted by molar-refractivity contribution is 8.00. The largest absolute Gasteiger partial charge is 0.348 e. The van der Waals surface area contributed by atoms with Crippen molar-refractivity contribution in [2.24, 2.45) is 0 Å². The highest BCUT2D eigenvalue weighted by atomic mass is 32.2. The minimum atomic E-state index is -0.258. The van der Waals surface area contributed by atoms with E-state index in [1.54, 1.807) is 25.2 Å². The van der Waals surface area contributed by atoms with Crippen molar-refractivity contribution in [3.63, 3.8) is 0 Å². The fraction of sp³-hybridized carbons (Fsp3) is 0.200. The molecule has 1 amide bonds. The Kier molecular flexibility index (Phi) is 4.58. The van der Waals surface area contributed by atoms with Gasteiger partial charge in [0.15, 0.2) is 0 Å². The third kappa shape index (κ3) is 3.58. The first-order chi connectivity index (χ1) is 9.18. The maximum absolute atomic E-state index is 12.3. The third-order valence-corrected chi connectivity index (χ3v) is 3.84. The predicted molar refractivity (Wildman–Crippen MR) is 78.0 cm³/mol. The molecule has 0 spiro atoms. The van der Waals surface area contributed by atoms with Gasteiger partial charge >= 0.3 is 0 Å². The number of benzene rings is 1. The van der Waals surface area contributed by atoms with Gasteiger partial charge in [-0.2, -0.15) is 0 Å². The van der Waals surface area contributed by atoms with Crippen LogP contribution in [0.2, 0.25) is 0 Å². The maximum atomic E-state index is 12.3. The van der Waals surface area contributed by atoms with Crippen LogP contribution in [-0.2, 0) is 4.79 Å². The van der Waals surface area contributed by atoms with Gasteiger partial charge in [-0.15, -0.1) is 0 Å². The molecule has 0 N–H and O–H groups in total. The normalized spacial score (nSPS) is 11.9. The van der Waals surface area contributed by atoms with Crippen molar-refractivity contribution >= 4 is 17.7 Å². The molecule has 98 valence electrons. The minimum Gasteiger partial charge on any atom is -0.348 e. The first-order valence-corrected chi connectivity index (χ1v) is 6.90. The Bertz CT molecular complexity index is 528. The Hall–Kier alpha value is -1.81. The summed E-state index contributed by atoms with van der Waals surface area (Å²) in [5, 5.41) is 0.595. The van der Waals surface area contributed by atoms with Gasteiger partial charge in [0.25, 0.3) is 0 Å². The van der Waals surface area contributed by atoms with Crippen molar-refractivity contribution in [2.75, 3.05) is 14.1 Å². The summed E-state index contributed by atoms with van der Waals surface area (Å²) in [6.07, 6.45) is 1.74. The van der Waals surface area contributed by atoms with Gasteiger partial charge in [-0.1, -0.05) is 48.2 Å². The smallest absolute Gasteiger partial charge is 0.240 e. The van der Waals surface area contributed by atoms with E-state index < -0.39 is 0 Å². The van der Waals surface area contributed by atoms with Gasteiger partial charge in [-0.25, -0.2) is 4.98 Å². The lowest BCUT2D eigenvalue weighted by Crippen LogP contribution is -2.26. The summed E-state index contributed by atoms with van der Waals surface area (Å²) in [5.74, 6) is 0.0712. The van der Waals surface area contributed by atoms with Crippen LogP contribution in [0.5, 0.6) is 0 Å². The van der Waals surface area contributed by atoms with Crippen molar-refractivity contribution in [1.29, 1.82) is 0 Å². The van der Waals surface area contributed by atoms with E-state index in [2.05, 4.69) is 4.98 Å². The number of thioether (sulfide) groups is 1. The molecule has 3 nitrogen and oxygen atoms in total. The van der Waals surface area contributed by atoms with Gasteiger partial charge < -0.3 is 4.90 Å². The Labute approximate surface area is 117 Å². The number of hydrogen-bond acceptors (Lipinski definition) is 3. The molecule has 0 radical (unpaired) electrons. The number of likely N-dealkylation sites (N-methyl/N-ethyl adjacent to an activating group) is 1. The summed E-state index contributed by atoms with van der Waals surface area (Å²) in [7, 11) is 3.55. The standard InChI is InChI=1S/C15H16N2OS/c1-17(2)15(18)14(12-8-4-3-5-9-12)19-13-10-6-7-11-16-13/h3-11,14H,1-2H3/t14-/m1/s1. The summed E-state index contributed by atoms with van der Waals surface area (Å²) >= 11 is 1.48. The second-order valence-corrected chi connectivity index (χ2v) is 5.43. The monoisotopic (exact) mass is 272 g/mol. The number of hydrogen-bond donors (Lipinski definition) is 0. The summed E-state index contributed by atoms with van der Waals surface area (Å²) < 4.78 is 0. The second-order valence-electron chi connectivity index (χ2n) is 4.31. The second kappa shape index (κ2) is 6.38. The number of carbonyl (C=O) groups excluding carboxylic acids is 1. The van der Waals surface area contributed by atoms with Crippen molar-refractivity contribution < 1.29 is 4.79 Å². The fourth-order valence-corrected chi connectivity index (χ4v) is 2.79. The van der Waals surface area contributed by atoms with Crippen LogP contribution in [0.1, 0.15) is 10.8 Å². The molecular formula is C15H16N2OS. The van der Waals surface area contributed by atoms with E-state index >= 15 is 0 Å². The summed E-state index contributed by atoms with van der Waals surface area (Å²) in [4.78, 5) is 18.2. The van der Waals surface area contributed by atoms with E-state index in [-0.39, 0.29) is 11.2 Å². The van der Waals surface area contributed by atoms with E-state index in [0.717, 1.165) is 10.6 Å². The molecule has 0 saturated carbocycles. The SMILES string of the molecule is CN(C)C(=O)[C@H](Sc1ccccn1)c1ccccc1. The average molecular weight is 272 g/mol. The molecule has 19 heavy (non-hydrogen) atoms. The molecule has 0 aliphatic heterocycles. The van der Waals surface area contributed by atoms with Gasteiger partial charge in [0.1, 0.15) is 5.25 Å². The molecule has 0 aliphatic rings. The summed E-state index contributed by atoms with van der Waals surface area (Å²) in [6, 6.07) is 15.5. The fourth-order valence-electron chi connectivity index (χ4n) is 1.66. The highest BCUT2D eigenvalue weighted by Gasteiger charge is 2.23. The zero-order valence-electron chi connectivity index (χ0n) is 11.0. The number of amides is 1. The molecule has 2 rings (SSSR count). The zero-order chi connectivity index (χ0) is 13.7. The lowest BCUT2D eigenvalue weighted by Gasteiger charge is -2.20. The first-order valence-electron chi connectivity index (χ1n) is 6.02. The van der Waals surface area contributed by atoms with Crippen LogP contribution in [0.3, 0.4) is 0 Å². The van der Waals surface area contributed by atoms with E-state index in [9.17, 15) is 4.79 Å². The predicted octanol–water partition coefficient (Wildman–Crippen LogP) is 3.00. The zero-order valence-corrected chi connectivity index (χ0v) is 11.8. The van der Waals surface area contributed by atoms with Gasteiger partial charge in [0, 0.05) is 20.3 Å². The van der Waals surface area contributed by atoms with Crippen molar-refractivity contribution in [3.05, 3.63) is 60.3 Å². The maximum Gasteiger partial charge on any atom is 0.240 e. The Morgan fingerprint density at radius 2 is 1.79 bits per heavy atom. The van der Waals surface area contributed by atoms with E-state index in [1.165, 1.54) is 11.8 Å². The Morgan fingerprint density at radius 3 is 2.37 bits per heavy atom. The summed E-state index contributed by atoms with van der Waals surface area (Å²) in [6.45, 7) is 0. The molecule has 4 heteroatoms. The molecule has 0 saturated heterocycles.